The second-order valence-corrected chi connectivity index (χ2v) is 3.63. The van der Waals surface area contributed by atoms with Crippen LogP contribution in [0.4, 0.5) is 0 Å². The summed E-state index contributed by atoms with van der Waals surface area (Å²) in [6.45, 7) is 1.63. The zero-order valence-electron chi connectivity index (χ0n) is 8.76. The topological polar surface area (TPSA) is 57.5 Å². The molecule has 0 radical (unpaired) electrons. The minimum absolute atomic E-state index is 0.0694. The van der Waals surface area contributed by atoms with Crippen LogP contribution >= 0.6 is 0 Å². The van der Waals surface area contributed by atoms with Crippen molar-refractivity contribution in [1.82, 2.24) is 0 Å². The number of carbonyl (C=O) groups excluding carboxylic acids is 1. The summed E-state index contributed by atoms with van der Waals surface area (Å²) in [5.41, 5.74) is 1.63. The van der Waals surface area contributed by atoms with Gasteiger partial charge in [-0.25, -0.2) is 0 Å². The summed E-state index contributed by atoms with van der Waals surface area (Å²) >= 11 is 0. The third-order valence-corrected chi connectivity index (χ3v) is 2.51. The number of aldehydes is 1. The Labute approximate surface area is 89.4 Å². The Kier molecular flexibility index (Phi) is 4.46. The summed E-state index contributed by atoms with van der Waals surface area (Å²) in [5.74, 6) is 0.0694. The van der Waals surface area contributed by atoms with E-state index in [2.05, 4.69) is 0 Å². The summed E-state index contributed by atoms with van der Waals surface area (Å²) < 4.78 is 0. The maximum Gasteiger partial charge on any atom is 0.120 e. The summed E-state index contributed by atoms with van der Waals surface area (Å²) in [5, 5.41) is 18.5. The Bertz CT molecular complexity index is 322. The molecule has 3 heteroatoms. The van der Waals surface area contributed by atoms with Crippen LogP contribution in [-0.4, -0.2) is 23.1 Å². The SMILES string of the molecule is CC(CC=O)c1ccccc1C(O)CO. The average Bonchev–Trinajstić information content (AvgIpc) is 2.28. The van der Waals surface area contributed by atoms with Crippen LogP contribution in [0.5, 0.6) is 0 Å². The number of hydrogen-bond acceptors (Lipinski definition) is 3. The van der Waals surface area contributed by atoms with E-state index in [1.165, 1.54) is 0 Å². The van der Waals surface area contributed by atoms with Gasteiger partial charge in [-0.15, -0.1) is 0 Å². The van der Waals surface area contributed by atoms with E-state index in [1.807, 2.05) is 25.1 Å². The third-order valence-electron chi connectivity index (χ3n) is 2.51. The molecule has 2 atom stereocenters. The number of aliphatic hydroxyl groups excluding tert-OH is 2. The molecule has 0 bridgehead atoms. The van der Waals surface area contributed by atoms with Gasteiger partial charge in [-0.2, -0.15) is 0 Å². The first-order valence-corrected chi connectivity index (χ1v) is 5.02. The minimum atomic E-state index is -0.865. The van der Waals surface area contributed by atoms with E-state index in [1.54, 1.807) is 6.07 Å². The summed E-state index contributed by atoms with van der Waals surface area (Å²) in [7, 11) is 0. The van der Waals surface area contributed by atoms with Gasteiger partial charge in [-0.3, -0.25) is 0 Å². The Balaban J connectivity index is 2.99. The van der Waals surface area contributed by atoms with Crippen LogP contribution in [-0.2, 0) is 4.79 Å². The lowest BCUT2D eigenvalue weighted by Gasteiger charge is -2.17. The number of hydrogen-bond donors (Lipinski definition) is 2. The summed E-state index contributed by atoms with van der Waals surface area (Å²) in [6, 6.07) is 7.33. The van der Waals surface area contributed by atoms with E-state index in [-0.39, 0.29) is 12.5 Å². The van der Waals surface area contributed by atoms with Crippen molar-refractivity contribution < 1.29 is 15.0 Å². The quantitative estimate of drug-likeness (QED) is 0.719. The summed E-state index contributed by atoms with van der Waals surface area (Å²) in [4.78, 5) is 10.4. The van der Waals surface area contributed by atoms with Gasteiger partial charge in [0.25, 0.3) is 0 Å². The maximum atomic E-state index is 10.4. The van der Waals surface area contributed by atoms with Crippen LogP contribution in [0.3, 0.4) is 0 Å². The molecule has 15 heavy (non-hydrogen) atoms. The molecule has 2 N–H and O–H groups in total. The van der Waals surface area contributed by atoms with Gasteiger partial charge in [0.2, 0.25) is 0 Å². The van der Waals surface area contributed by atoms with Gasteiger partial charge < -0.3 is 15.0 Å². The van der Waals surface area contributed by atoms with Crippen molar-refractivity contribution in [1.29, 1.82) is 0 Å². The maximum absolute atomic E-state index is 10.4. The zero-order valence-corrected chi connectivity index (χ0v) is 8.76. The Hall–Kier alpha value is -1.19. The van der Waals surface area contributed by atoms with Crippen LogP contribution in [0.15, 0.2) is 24.3 Å². The fraction of sp³-hybridized carbons (Fsp3) is 0.417. The molecule has 0 aromatic heterocycles. The number of rotatable bonds is 5. The largest absolute Gasteiger partial charge is 0.393 e. The monoisotopic (exact) mass is 208 g/mol. The van der Waals surface area contributed by atoms with Crippen molar-refractivity contribution >= 4 is 6.29 Å². The fourth-order valence-corrected chi connectivity index (χ4v) is 1.63. The van der Waals surface area contributed by atoms with Crippen molar-refractivity contribution in [2.75, 3.05) is 6.61 Å². The Morgan fingerprint density at radius 3 is 2.47 bits per heavy atom. The predicted molar refractivity (Wildman–Crippen MR) is 57.6 cm³/mol. The molecule has 1 rings (SSSR count). The van der Waals surface area contributed by atoms with Crippen LogP contribution in [0.2, 0.25) is 0 Å². The standard InChI is InChI=1S/C12H16O3/c1-9(6-7-13)10-4-2-3-5-11(10)12(15)8-14/h2-5,7,9,12,14-15H,6,8H2,1H3. The molecule has 0 saturated carbocycles. The van der Waals surface area contributed by atoms with Gasteiger partial charge in [0, 0.05) is 6.42 Å². The van der Waals surface area contributed by atoms with Gasteiger partial charge in [-0.05, 0) is 17.0 Å². The molecular weight excluding hydrogens is 192 g/mol. The van der Waals surface area contributed by atoms with E-state index < -0.39 is 6.10 Å². The second kappa shape index (κ2) is 5.63. The Morgan fingerprint density at radius 2 is 1.93 bits per heavy atom. The first kappa shape index (κ1) is 11.9. The highest BCUT2D eigenvalue weighted by molar-refractivity contribution is 5.52. The van der Waals surface area contributed by atoms with E-state index in [4.69, 9.17) is 5.11 Å². The molecule has 0 aliphatic heterocycles. The van der Waals surface area contributed by atoms with E-state index >= 15 is 0 Å². The molecule has 0 aliphatic rings. The lowest BCUT2D eigenvalue weighted by Crippen LogP contribution is -2.08. The molecule has 2 unspecified atom stereocenters. The average molecular weight is 208 g/mol. The molecule has 82 valence electrons. The lowest BCUT2D eigenvalue weighted by molar-refractivity contribution is -0.108. The van der Waals surface area contributed by atoms with Crippen molar-refractivity contribution in [3.8, 4) is 0 Å². The van der Waals surface area contributed by atoms with Gasteiger partial charge in [0.15, 0.2) is 0 Å². The minimum Gasteiger partial charge on any atom is -0.393 e. The highest BCUT2D eigenvalue weighted by Crippen LogP contribution is 2.26. The van der Waals surface area contributed by atoms with Crippen molar-refractivity contribution in [2.45, 2.75) is 25.4 Å². The molecule has 1 aromatic carbocycles. The van der Waals surface area contributed by atoms with Crippen LogP contribution in [0, 0.1) is 0 Å². The molecule has 0 amide bonds. The van der Waals surface area contributed by atoms with Gasteiger partial charge >= 0.3 is 0 Å². The van der Waals surface area contributed by atoms with Crippen molar-refractivity contribution in [2.24, 2.45) is 0 Å². The molecule has 0 fully saturated rings. The zero-order chi connectivity index (χ0) is 11.3. The molecule has 0 heterocycles. The first-order chi connectivity index (χ1) is 7.20. The predicted octanol–water partition coefficient (Wildman–Crippen LogP) is 1.40. The van der Waals surface area contributed by atoms with Gasteiger partial charge in [0.1, 0.15) is 12.4 Å². The van der Waals surface area contributed by atoms with Crippen molar-refractivity contribution in [3.05, 3.63) is 35.4 Å². The molecule has 0 spiro atoms. The molecular formula is C12H16O3. The second-order valence-electron chi connectivity index (χ2n) is 3.63. The third kappa shape index (κ3) is 2.88. The highest BCUT2D eigenvalue weighted by Gasteiger charge is 2.14. The van der Waals surface area contributed by atoms with E-state index in [9.17, 15) is 9.90 Å². The summed E-state index contributed by atoms with van der Waals surface area (Å²) in [6.07, 6.45) is 0.428. The Morgan fingerprint density at radius 1 is 1.33 bits per heavy atom. The molecule has 3 nitrogen and oxygen atoms in total. The van der Waals surface area contributed by atoms with Crippen molar-refractivity contribution in [3.63, 3.8) is 0 Å². The first-order valence-electron chi connectivity index (χ1n) is 5.02. The molecule has 0 aliphatic carbocycles. The van der Waals surface area contributed by atoms with Crippen LogP contribution in [0.1, 0.15) is 36.5 Å². The van der Waals surface area contributed by atoms with Gasteiger partial charge in [0.05, 0.1) is 6.61 Å². The number of aliphatic hydroxyl groups is 2. The molecule has 0 saturated heterocycles. The van der Waals surface area contributed by atoms with E-state index in [0.29, 0.717) is 12.0 Å². The molecule has 1 aromatic rings. The smallest absolute Gasteiger partial charge is 0.120 e. The number of carbonyl (C=O) groups is 1. The lowest BCUT2D eigenvalue weighted by atomic mass is 9.91. The normalized spacial score (nSPS) is 14.6. The number of benzene rings is 1. The highest BCUT2D eigenvalue weighted by atomic mass is 16.3. The van der Waals surface area contributed by atoms with Crippen LogP contribution in [0.25, 0.3) is 0 Å². The fourth-order valence-electron chi connectivity index (χ4n) is 1.63. The van der Waals surface area contributed by atoms with Crippen LogP contribution < -0.4 is 0 Å². The van der Waals surface area contributed by atoms with Gasteiger partial charge in [-0.1, -0.05) is 31.2 Å². The van der Waals surface area contributed by atoms with E-state index in [0.717, 1.165) is 11.8 Å².